The lowest BCUT2D eigenvalue weighted by Gasteiger charge is -2.21. The molecule has 0 unspecified atom stereocenters. The Balaban J connectivity index is 1.75. The third-order valence-electron chi connectivity index (χ3n) is 3.21. The maximum absolute atomic E-state index is 6.16. The Morgan fingerprint density at radius 1 is 1.42 bits per heavy atom. The van der Waals surface area contributed by atoms with Gasteiger partial charge in [0.25, 0.3) is 0 Å². The zero-order valence-electron chi connectivity index (χ0n) is 10.7. The molecule has 2 aromatic heterocycles. The molecule has 0 N–H and O–H groups in total. The Morgan fingerprint density at radius 3 is 3.00 bits per heavy atom. The van der Waals surface area contributed by atoms with E-state index in [1.807, 2.05) is 18.8 Å². The molecular formula is C12H15ClN4OS. The molecule has 19 heavy (non-hydrogen) atoms. The molecule has 0 aromatic carbocycles. The van der Waals surface area contributed by atoms with Gasteiger partial charge in [-0.3, -0.25) is 4.68 Å². The van der Waals surface area contributed by atoms with Gasteiger partial charge in [-0.05, 0) is 12.8 Å². The van der Waals surface area contributed by atoms with Crippen LogP contribution in [-0.2, 0) is 17.5 Å². The van der Waals surface area contributed by atoms with Crippen LogP contribution >= 0.6 is 23.4 Å². The average molecular weight is 299 g/mol. The molecule has 0 aliphatic carbocycles. The van der Waals surface area contributed by atoms with E-state index in [0.29, 0.717) is 10.4 Å². The molecule has 7 heteroatoms. The summed E-state index contributed by atoms with van der Waals surface area (Å²) in [7, 11) is 1.86. The minimum Gasteiger partial charge on any atom is -0.381 e. The molecule has 1 fully saturated rings. The zero-order chi connectivity index (χ0) is 13.2. The minimum atomic E-state index is 0.487. The second-order valence-electron chi connectivity index (χ2n) is 4.56. The first kappa shape index (κ1) is 13.1. The van der Waals surface area contributed by atoms with Crippen LogP contribution in [0.1, 0.15) is 18.7 Å². The number of ether oxygens (including phenoxy) is 1. The van der Waals surface area contributed by atoms with Gasteiger partial charge in [-0.2, -0.15) is 16.9 Å². The summed E-state index contributed by atoms with van der Waals surface area (Å²) in [6, 6.07) is 0. The lowest BCUT2D eigenvalue weighted by atomic mass is 10.2. The third kappa shape index (κ3) is 2.85. The van der Waals surface area contributed by atoms with Crippen molar-refractivity contribution in [2.45, 2.75) is 23.8 Å². The summed E-state index contributed by atoms with van der Waals surface area (Å²) >= 11 is 8.05. The fraction of sp³-hybridized carbons (Fsp3) is 0.583. The van der Waals surface area contributed by atoms with Gasteiger partial charge in [-0.15, -0.1) is 0 Å². The number of thioether (sulfide) groups is 1. The van der Waals surface area contributed by atoms with Crippen LogP contribution in [0.25, 0.3) is 11.0 Å². The van der Waals surface area contributed by atoms with Crippen molar-refractivity contribution in [1.29, 1.82) is 0 Å². The molecule has 0 bridgehead atoms. The Bertz CT molecular complexity index is 582. The Labute approximate surface area is 120 Å². The van der Waals surface area contributed by atoms with E-state index >= 15 is 0 Å². The molecule has 0 spiro atoms. The van der Waals surface area contributed by atoms with E-state index in [2.05, 4.69) is 15.1 Å². The molecule has 1 saturated heterocycles. The number of hydrogen-bond donors (Lipinski definition) is 0. The number of halogens is 1. The summed E-state index contributed by atoms with van der Waals surface area (Å²) in [6.07, 6.45) is 3.91. The van der Waals surface area contributed by atoms with E-state index < -0.39 is 0 Å². The molecule has 102 valence electrons. The smallest absolute Gasteiger partial charge is 0.162 e. The first-order chi connectivity index (χ1) is 9.24. The van der Waals surface area contributed by atoms with E-state index in [9.17, 15) is 0 Å². The minimum absolute atomic E-state index is 0.487. The highest BCUT2D eigenvalue weighted by molar-refractivity contribution is 7.99. The molecule has 2 aromatic rings. The highest BCUT2D eigenvalue weighted by Crippen LogP contribution is 2.26. The van der Waals surface area contributed by atoms with Crippen LogP contribution in [0.3, 0.4) is 0 Å². The molecule has 3 heterocycles. The number of hydrogen-bond acceptors (Lipinski definition) is 5. The summed E-state index contributed by atoms with van der Waals surface area (Å²) < 4.78 is 7.08. The van der Waals surface area contributed by atoms with E-state index in [1.165, 1.54) is 0 Å². The highest BCUT2D eigenvalue weighted by atomic mass is 35.5. The van der Waals surface area contributed by atoms with E-state index in [-0.39, 0.29) is 0 Å². The Morgan fingerprint density at radius 2 is 2.21 bits per heavy atom. The second kappa shape index (κ2) is 5.64. The molecule has 1 aliphatic heterocycles. The first-order valence-electron chi connectivity index (χ1n) is 6.27. The molecule has 0 saturated carbocycles. The lowest BCUT2D eigenvalue weighted by Crippen LogP contribution is -2.17. The van der Waals surface area contributed by atoms with E-state index in [0.717, 1.165) is 48.7 Å². The van der Waals surface area contributed by atoms with Gasteiger partial charge in [0.15, 0.2) is 5.65 Å². The molecular weight excluding hydrogens is 284 g/mol. The highest BCUT2D eigenvalue weighted by Gasteiger charge is 2.16. The van der Waals surface area contributed by atoms with Crippen molar-refractivity contribution in [1.82, 2.24) is 19.7 Å². The van der Waals surface area contributed by atoms with Gasteiger partial charge in [-0.1, -0.05) is 11.6 Å². The molecule has 0 amide bonds. The third-order valence-corrected chi connectivity index (χ3v) is 4.86. The number of aromatic nitrogens is 4. The maximum Gasteiger partial charge on any atom is 0.162 e. The SMILES string of the molecule is Cn1ncc2c(Cl)nc(CSC3CCOCC3)nc21. The fourth-order valence-corrected chi connectivity index (χ4v) is 3.40. The van der Waals surface area contributed by atoms with Gasteiger partial charge in [0, 0.05) is 25.5 Å². The standard InChI is InChI=1S/C12H15ClN4OS/c1-17-12-9(6-14-17)11(13)15-10(16-12)7-19-8-2-4-18-5-3-8/h6,8H,2-5,7H2,1H3. The van der Waals surface area contributed by atoms with Crippen LogP contribution in [0.4, 0.5) is 0 Å². The van der Waals surface area contributed by atoms with E-state index in [4.69, 9.17) is 16.3 Å². The molecule has 3 rings (SSSR count). The predicted octanol–water partition coefficient (Wildman–Crippen LogP) is 2.43. The number of aryl methyl sites for hydroxylation is 1. The summed E-state index contributed by atoms with van der Waals surface area (Å²) in [6.45, 7) is 1.72. The topological polar surface area (TPSA) is 52.8 Å². The van der Waals surface area contributed by atoms with Gasteiger partial charge < -0.3 is 4.74 Å². The van der Waals surface area contributed by atoms with Crippen molar-refractivity contribution in [3.05, 3.63) is 17.2 Å². The van der Waals surface area contributed by atoms with Crippen LogP contribution in [0.2, 0.25) is 5.15 Å². The monoisotopic (exact) mass is 298 g/mol. The Kier molecular flexibility index (Phi) is 3.91. The first-order valence-corrected chi connectivity index (χ1v) is 7.70. The summed E-state index contributed by atoms with van der Waals surface area (Å²) in [5.74, 6) is 1.56. The van der Waals surface area contributed by atoms with Crippen molar-refractivity contribution >= 4 is 34.4 Å². The molecule has 0 radical (unpaired) electrons. The Hall–Kier alpha value is -0.850. The normalized spacial score (nSPS) is 17.2. The summed E-state index contributed by atoms with van der Waals surface area (Å²) in [5, 5.41) is 6.09. The summed E-state index contributed by atoms with van der Waals surface area (Å²) in [4.78, 5) is 8.88. The molecule has 1 aliphatic rings. The van der Waals surface area contributed by atoms with Gasteiger partial charge >= 0.3 is 0 Å². The predicted molar refractivity (Wildman–Crippen MR) is 76.5 cm³/mol. The van der Waals surface area contributed by atoms with Crippen LogP contribution < -0.4 is 0 Å². The van der Waals surface area contributed by atoms with Gasteiger partial charge in [-0.25, -0.2) is 9.97 Å². The van der Waals surface area contributed by atoms with Crippen molar-refractivity contribution < 1.29 is 4.74 Å². The van der Waals surface area contributed by atoms with Crippen molar-refractivity contribution in [2.75, 3.05) is 13.2 Å². The van der Waals surface area contributed by atoms with Gasteiger partial charge in [0.05, 0.1) is 17.3 Å². The van der Waals surface area contributed by atoms with Crippen LogP contribution in [0, 0.1) is 0 Å². The quantitative estimate of drug-likeness (QED) is 0.815. The lowest BCUT2D eigenvalue weighted by molar-refractivity contribution is 0.1000. The van der Waals surface area contributed by atoms with Gasteiger partial charge in [0.1, 0.15) is 11.0 Å². The van der Waals surface area contributed by atoms with Crippen LogP contribution in [-0.4, -0.2) is 38.2 Å². The van der Waals surface area contributed by atoms with Crippen LogP contribution in [0.5, 0.6) is 0 Å². The van der Waals surface area contributed by atoms with Crippen molar-refractivity contribution in [2.24, 2.45) is 7.05 Å². The zero-order valence-corrected chi connectivity index (χ0v) is 12.2. The molecule has 0 atom stereocenters. The molecule has 5 nitrogen and oxygen atoms in total. The van der Waals surface area contributed by atoms with E-state index in [1.54, 1.807) is 10.9 Å². The number of nitrogens with zero attached hydrogens (tertiary/aromatic N) is 4. The fourth-order valence-electron chi connectivity index (χ4n) is 2.13. The maximum atomic E-state index is 6.16. The van der Waals surface area contributed by atoms with Crippen molar-refractivity contribution in [3.8, 4) is 0 Å². The van der Waals surface area contributed by atoms with Crippen LogP contribution in [0.15, 0.2) is 6.20 Å². The second-order valence-corrected chi connectivity index (χ2v) is 6.21. The largest absolute Gasteiger partial charge is 0.381 e. The van der Waals surface area contributed by atoms with Crippen molar-refractivity contribution in [3.63, 3.8) is 0 Å². The number of rotatable bonds is 3. The van der Waals surface area contributed by atoms with Gasteiger partial charge in [0.2, 0.25) is 0 Å². The number of fused-ring (bicyclic) bond motifs is 1. The average Bonchev–Trinajstić information content (AvgIpc) is 2.80. The summed E-state index contributed by atoms with van der Waals surface area (Å²) in [5.41, 5.74) is 0.794.